The van der Waals surface area contributed by atoms with Gasteiger partial charge in [0.25, 0.3) is 0 Å². The number of carbonyl (C=O) groups is 1. The minimum Gasteiger partial charge on any atom is -0.497 e. The van der Waals surface area contributed by atoms with Gasteiger partial charge in [0.2, 0.25) is 5.95 Å². The zero-order valence-electron chi connectivity index (χ0n) is 28.5. The van der Waals surface area contributed by atoms with E-state index in [4.69, 9.17) is 18.9 Å². The molecule has 0 radical (unpaired) electrons. The number of likely N-dealkylation sites (N-methyl/N-ethyl adjacent to an activating group) is 1. The number of carboxylic acid groups (broad SMARTS) is 1. The fourth-order valence-corrected chi connectivity index (χ4v) is 5.82. The molecule has 1 fully saturated rings. The third kappa shape index (κ3) is 8.67. The maximum absolute atomic E-state index is 15.1. The Hall–Kier alpha value is -5.14. The van der Waals surface area contributed by atoms with Crippen molar-refractivity contribution in [3.05, 3.63) is 89.4 Å². The average Bonchev–Trinajstić information content (AvgIpc) is 3.10. The molecule has 0 spiro atoms. The summed E-state index contributed by atoms with van der Waals surface area (Å²) in [6, 6.07) is 15.7. The summed E-state index contributed by atoms with van der Waals surface area (Å²) in [6.07, 6.45) is 0.937. The number of aromatic nitrogens is 2. The normalized spacial score (nSPS) is 14.2. The summed E-state index contributed by atoms with van der Waals surface area (Å²) in [7, 11) is 6.69. The highest BCUT2D eigenvalue weighted by Crippen LogP contribution is 2.42. The standard InChI is InChI=1S/C36H43FN6O6/c1-24-7-10-30(47-4)27(21-24)34(28-23-26(46-3)9-12-31(28)48-5)43(36(44)45)33-13-14-38-35(40-33)39-25-8-11-32(29(37)22-25)49-20-6-15-42-18-16-41(2)17-19-42/h7-14,21-23,34H,6,15-20H2,1-5H3,(H,44,45)(H,38,39,40). The van der Waals surface area contributed by atoms with Crippen molar-refractivity contribution in [1.82, 2.24) is 19.8 Å². The lowest BCUT2D eigenvalue weighted by Gasteiger charge is -2.32. The van der Waals surface area contributed by atoms with Crippen LogP contribution < -0.4 is 29.2 Å². The van der Waals surface area contributed by atoms with Crippen LogP contribution in [0.15, 0.2) is 66.9 Å². The van der Waals surface area contributed by atoms with Gasteiger partial charge >= 0.3 is 6.09 Å². The van der Waals surface area contributed by atoms with Gasteiger partial charge in [0.1, 0.15) is 23.1 Å². The summed E-state index contributed by atoms with van der Waals surface area (Å²) >= 11 is 0. The predicted octanol–water partition coefficient (Wildman–Crippen LogP) is 5.98. The SMILES string of the molecule is COc1ccc(OC)c(C(c2cc(C)ccc2OC)N(C(=O)O)c2ccnc(Nc3ccc(OCCCN4CCN(C)CC4)c(F)c3)n2)c1. The second kappa shape index (κ2) is 16.3. The molecule has 12 nitrogen and oxygen atoms in total. The molecule has 13 heteroatoms. The van der Waals surface area contributed by atoms with Gasteiger partial charge < -0.3 is 39.2 Å². The number of nitrogens with one attached hydrogen (secondary N) is 1. The van der Waals surface area contributed by atoms with Crippen LogP contribution in [-0.4, -0.2) is 98.7 Å². The van der Waals surface area contributed by atoms with Gasteiger partial charge in [-0.25, -0.2) is 19.1 Å². The molecule has 1 aromatic heterocycles. The molecule has 0 bridgehead atoms. The zero-order valence-corrected chi connectivity index (χ0v) is 28.5. The highest BCUT2D eigenvalue weighted by atomic mass is 19.1. The zero-order chi connectivity index (χ0) is 34.9. The van der Waals surface area contributed by atoms with E-state index < -0.39 is 18.0 Å². The van der Waals surface area contributed by atoms with Crippen molar-refractivity contribution >= 4 is 23.5 Å². The molecule has 1 amide bonds. The Morgan fingerprint density at radius 2 is 1.63 bits per heavy atom. The Kier molecular flexibility index (Phi) is 11.7. The first-order valence-corrected chi connectivity index (χ1v) is 16.0. The smallest absolute Gasteiger partial charge is 0.413 e. The van der Waals surface area contributed by atoms with E-state index in [0.717, 1.165) is 49.6 Å². The minimum absolute atomic E-state index is 0.0595. The molecule has 2 heterocycles. The number of methoxy groups -OCH3 is 3. The summed E-state index contributed by atoms with van der Waals surface area (Å²) in [5, 5.41) is 13.7. The topological polar surface area (TPSA) is 122 Å². The molecule has 4 aromatic rings. The van der Waals surface area contributed by atoms with E-state index in [-0.39, 0.29) is 17.5 Å². The third-order valence-electron chi connectivity index (χ3n) is 8.42. The highest BCUT2D eigenvalue weighted by molar-refractivity contribution is 5.87. The highest BCUT2D eigenvalue weighted by Gasteiger charge is 2.34. The van der Waals surface area contributed by atoms with Crippen molar-refractivity contribution in [2.45, 2.75) is 19.4 Å². The number of rotatable bonds is 14. The fraction of sp³-hybridized carbons (Fsp3) is 0.361. The number of amides is 1. The Bertz CT molecular complexity index is 1730. The maximum atomic E-state index is 15.1. The molecule has 1 atom stereocenters. The van der Waals surface area contributed by atoms with E-state index >= 15 is 4.39 Å². The lowest BCUT2D eigenvalue weighted by Crippen LogP contribution is -2.44. The van der Waals surface area contributed by atoms with E-state index in [1.165, 1.54) is 39.7 Å². The first-order valence-electron chi connectivity index (χ1n) is 16.0. The lowest BCUT2D eigenvalue weighted by molar-refractivity contribution is 0.145. The molecule has 0 aliphatic carbocycles. The van der Waals surface area contributed by atoms with Gasteiger partial charge in [-0.3, -0.25) is 0 Å². The van der Waals surface area contributed by atoms with Crippen LogP contribution in [-0.2, 0) is 0 Å². The molecule has 5 rings (SSSR count). The van der Waals surface area contributed by atoms with Crippen LogP contribution in [0.4, 0.5) is 26.6 Å². The second-order valence-corrected chi connectivity index (χ2v) is 11.8. The number of anilines is 3. The minimum atomic E-state index is -1.29. The van der Waals surface area contributed by atoms with Gasteiger partial charge in [0.15, 0.2) is 11.6 Å². The number of hydrogen-bond acceptors (Lipinski definition) is 10. The number of ether oxygens (including phenoxy) is 4. The van der Waals surface area contributed by atoms with Gasteiger partial charge in [-0.1, -0.05) is 11.6 Å². The molecule has 0 saturated carbocycles. The van der Waals surface area contributed by atoms with Crippen LogP contribution >= 0.6 is 0 Å². The summed E-state index contributed by atoms with van der Waals surface area (Å²) in [5.74, 6) is 1.15. The molecule has 3 aromatic carbocycles. The van der Waals surface area contributed by atoms with Crippen molar-refractivity contribution in [3.8, 4) is 23.0 Å². The number of halogens is 1. The number of benzene rings is 3. The summed E-state index contributed by atoms with van der Waals surface area (Å²) in [4.78, 5) is 27.8. The van der Waals surface area contributed by atoms with Crippen molar-refractivity contribution in [2.75, 3.05) is 77.9 Å². The average molecular weight is 675 g/mol. The number of nitrogens with zero attached hydrogens (tertiary/aromatic N) is 5. The van der Waals surface area contributed by atoms with Gasteiger partial charge in [-0.05, 0) is 68.9 Å². The lowest BCUT2D eigenvalue weighted by atomic mass is 9.94. The van der Waals surface area contributed by atoms with Gasteiger partial charge in [0.05, 0.1) is 34.0 Å². The first-order chi connectivity index (χ1) is 23.7. The van der Waals surface area contributed by atoms with Gasteiger partial charge in [0, 0.05) is 61.8 Å². The van der Waals surface area contributed by atoms with Gasteiger partial charge in [-0.15, -0.1) is 0 Å². The molecule has 49 heavy (non-hydrogen) atoms. The van der Waals surface area contributed by atoms with Crippen molar-refractivity contribution < 1.29 is 33.2 Å². The fourth-order valence-electron chi connectivity index (χ4n) is 5.82. The van der Waals surface area contributed by atoms with Crippen LogP contribution in [0.1, 0.15) is 29.2 Å². The summed E-state index contributed by atoms with van der Waals surface area (Å²) < 4.78 is 37.7. The summed E-state index contributed by atoms with van der Waals surface area (Å²) in [5.41, 5.74) is 2.32. The van der Waals surface area contributed by atoms with Crippen molar-refractivity contribution in [1.29, 1.82) is 0 Å². The Morgan fingerprint density at radius 1 is 0.939 bits per heavy atom. The number of hydrogen-bond donors (Lipinski definition) is 2. The molecule has 1 aliphatic rings. The second-order valence-electron chi connectivity index (χ2n) is 11.8. The monoisotopic (exact) mass is 674 g/mol. The Morgan fingerprint density at radius 3 is 2.31 bits per heavy atom. The number of aryl methyl sites for hydroxylation is 1. The van der Waals surface area contributed by atoms with E-state index in [1.807, 2.05) is 19.1 Å². The molecule has 1 saturated heterocycles. The Balaban J connectivity index is 1.40. The van der Waals surface area contributed by atoms with Crippen LogP contribution in [0, 0.1) is 12.7 Å². The van der Waals surface area contributed by atoms with Crippen molar-refractivity contribution in [3.63, 3.8) is 0 Å². The van der Waals surface area contributed by atoms with E-state index in [2.05, 4.69) is 32.1 Å². The summed E-state index contributed by atoms with van der Waals surface area (Å²) in [6.45, 7) is 7.34. The van der Waals surface area contributed by atoms with E-state index in [9.17, 15) is 9.90 Å². The van der Waals surface area contributed by atoms with E-state index in [1.54, 1.807) is 36.4 Å². The molecule has 260 valence electrons. The number of piperazine rings is 1. The van der Waals surface area contributed by atoms with E-state index in [0.29, 0.717) is 40.7 Å². The third-order valence-corrected chi connectivity index (χ3v) is 8.42. The van der Waals surface area contributed by atoms with Crippen molar-refractivity contribution in [2.24, 2.45) is 0 Å². The quantitative estimate of drug-likeness (QED) is 0.154. The molecule has 1 unspecified atom stereocenters. The van der Waals surface area contributed by atoms with Crippen LogP contribution in [0.25, 0.3) is 0 Å². The van der Waals surface area contributed by atoms with Crippen LogP contribution in [0.3, 0.4) is 0 Å². The Labute approximate surface area is 286 Å². The molecule has 1 aliphatic heterocycles. The largest absolute Gasteiger partial charge is 0.497 e. The van der Waals surface area contributed by atoms with Crippen LogP contribution in [0.5, 0.6) is 23.0 Å². The van der Waals surface area contributed by atoms with Crippen LogP contribution in [0.2, 0.25) is 0 Å². The van der Waals surface area contributed by atoms with Gasteiger partial charge in [-0.2, -0.15) is 4.98 Å². The molecular formula is C36H43FN6O6. The maximum Gasteiger partial charge on any atom is 0.413 e. The first kappa shape index (κ1) is 35.2. The predicted molar refractivity (Wildman–Crippen MR) is 185 cm³/mol. The molecule has 2 N–H and O–H groups in total. The molecular weight excluding hydrogens is 631 g/mol.